The van der Waals surface area contributed by atoms with Gasteiger partial charge in [-0.15, -0.1) is 11.3 Å². The van der Waals surface area contributed by atoms with Crippen LogP contribution in [0.3, 0.4) is 0 Å². The number of hydrogen-bond acceptors (Lipinski definition) is 4. The molecule has 0 unspecified atom stereocenters. The van der Waals surface area contributed by atoms with Gasteiger partial charge in [-0.2, -0.15) is 5.26 Å². The highest BCUT2D eigenvalue weighted by Crippen LogP contribution is 2.14. The van der Waals surface area contributed by atoms with Crippen LogP contribution in [-0.2, 0) is 4.79 Å². The van der Waals surface area contributed by atoms with E-state index in [4.69, 9.17) is 0 Å². The topological polar surface area (TPSA) is 66.1 Å². The Kier molecular flexibility index (Phi) is 6.06. The van der Waals surface area contributed by atoms with Crippen molar-refractivity contribution in [3.63, 3.8) is 0 Å². The number of carbonyl (C=O) groups excluding carboxylic acids is 1. The van der Waals surface area contributed by atoms with Gasteiger partial charge < -0.3 is 4.90 Å². The number of thiazole rings is 1. The maximum Gasteiger partial charge on any atom is 0.273 e. The zero-order valence-corrected chi connectivity index (χ0v) is 18.7. The van der Waals surface area contributed by atoms with E-state index in [9.17, 15) is 19.2 Å². The average Bonchev–Trinajstić information content (AvgIpc) is 3.41. The molecule has 1 aromatic heterocycles. The molecule has 7 heteroatoms. The second-order valence-corrected chi connectivity index (χ2v) is 8.91. The molecule has 2 heterocycles. The molecule has 0 saturated carbocycles. The van der Waals surface area contributed by atoms with Crippen molar-refractivity contribution < 1.29 is 9.18 Å². The minimum atomic E-state index is -0.432. The Balaban J connectivity index is 2.02. The Hall–Kier alpha value is -3.50. The monoisotopic (exact) mass is 447 g/mol. The number of nitrogens with zero attached hydrogens (tertiary/aromatic N) is 3. The molecular weight excluding hydrogens is 425 g/mol. The average molecular weight is 448 g/mol. The summed E-state index contributed by atoms with van der Waals surface area (Å²) in [6.45, 7) is 5.16. The summed E-state index contributed by atoms with van der Waals surface area (Å²) >= 11 is 1.11. The van der Waals surface area contributed by atoms with E-state index in [1.54, 1.807) is 11.0 Å². The largest absolute Gasteiger partial charge is 0.338 e. The van der Waals surface area contributed by atoms with E-state index in [0.29, 0.717) is 23.3 Å². The number of carbonyl (C=O) groups is 1. The number of rotatable bonds is 3. The quantitative estimate of drug-likeness (QED) is 0.620. The van der Waals surface area contributed by atoms with Crippen molar-refractivity contribution in [2.75, 3.05) is 13.1 Å². The van der Waals surface area contributed by atoms with E-state index in [0.717, 1.165) is 40.9 Å². The van der Waals surface area contributed by atoms with Crippen LogP contribution < -0.4 is 14.8 Å². The third-order valence-corrected chi connectivity index (χ3v) is 6.65. The van der Waals surface area contributed by atoms with Crippen molar-refractivity contribution in [1.82, 2.24) is 9.47 Å². The van der Waals surface area contributed by atoms with Gasteiger partial charge in [0.05, 0.1) is 10.2 Å². The summed E-state index contributed by atoms with van der Waals surface area (Å²) in [4.78, 5) is 28.1. The van der Waals surface area contributed by atoms with Gasteiger partial charge in [0.15, 0.2) is 5.57 Å². The molecule has 0 aliphatic carbocycles. The fourth-order valence-electron chi connectivity index (χ4n) is 3.87. The second-order valence-electron chi connectivity index (χ2n) is 7.88. The molecule has 162 valence electrons. The van der Waals surface area contributed by atoms with E-state index in [1.807, 2.05) is 38.1 Å². The minimum absolute atomic E-state index is 0.0707. The van der Waals surface area contributed by atoms with Crippen LogP contribution in [0.4, 0.5) is 4.39 Å². The summed E-state index contributed by atoms with van der Waals surface area (Å²) in [6, 6.07) is 13.4. The highest BCUT2D eigenvalue weighted by atomic mass is 32.1. The third-order valence-electron chi connectivity index (χ3n) is 5.55. The molecule has 3 aromatic rings. The molecule has 5 nitrogen and oxygen atoms in total. The number of likely N-dealkylation sites (tertiary alicyclic amines) is 1. The third kappa shape index (κ3) is 4.14. The molecule has 4 rings (SSSR count). The Morgan fingerprint density at radius 3 is 2.44 bits per heavy atom. The van der Waals surface area contributed by atoms with E-state index in [-0.39, 0.29) is 21.7 Å². The molecule has 1 amide bonds. The zero-order chi connectivity index (χ0) is 22.8. The molecule has 2 aromatic carbocycles. The van der Waals surface area contributed by atoms with Crippen LogP contribution in [0.25, 0.3) is 17.3 Å². The standard InChI is InChI=1S/C25H22FN3O2S/c1-16-5-6-18(17(2)13-16)14-22-24(31)29(20-9-7-19(26)8-10-20)25(32-22)21(15-27)23(30)28-11-3-4-12-28/h5-10,13-14H,3-4,11-12H2,1-2H3/b22-14-,25-21-. The first kappa shape index (κ1) is 21.7. The zero-order valence-electron chi connectivity index (χ0n) is 17.9. The fraction of sp³-hybridized carbons (Fsp3) is 0.240. The molecule has 1 saturated heterocycles. The lowest BCUT2D eigenvalue weighted by molar-refractivity contribution is -0.123. The van der Waals surface area contributed by atoms with Gasteiger partial charge in [-0.25, -0.2) is 4.39 Å². The molecule has 1 aliphatic heterocycles. The smallest absolute Gasteiger partial charge is 0.273 e. The number of benzene rings is 2. The number of hydrogen-bond donors (Lipinski definition) is 0. The molecule has 1 fully saturated rings. The van der Waals surface area contributed by atoms with Crippen LogP contribution in [0, 0.1) is 31.0 Å². The molecule has 32 heavy (non-hydrogen) atoms. The Bertz CT molecular complexity index is 1410. The highest BCUT2D eigenvalue weighted by molar-refractivity contribution is 7.07. The van der Waals surface area contributed by atoms with E-state index in [2.05, 4.69) is 0 Å². The van der Waals surface area contributed by atoms with Crippen LogP contribution in [0.5, 0.6) is 0 Å². The first-order chi connectivity index (χ1) is 15.4. The van der Waals surface area contributed by atoms with Crippen molar-refractivity contribution in [3.05, 3.63) is 84.5 Å². The fourth-order valence-corrected chi connectivity index (χ4v) is 4.96. The lowest BCUT2D eigenvalue weighted by atomic mass is 10.1. The van der Waals surface area contributed by atoms with Crippen molar-refractivity contribution >= 4 is 28.9 Å². The molecular formula is C25H22FN3O2S. The number of nitriles is 1. The molecule has 0 bridgehead atoms. The van der Waals surface area contributed by atoms with E-state index in [1.165, 1.54) is 28.8 Å². The molecule has 0 radical (unpaired) electrons. The highest BCUT2D eigenvalue weighted by Gasteiger charge is 2.24. The van der Waals surface area contributed by atoms with Gasteiger partial charge in [-0.3, -0.25) is 14.2 Å². The van der Waals surface area contributed by atoms with Gasteiger partial charge in [0.2, 0.25) is 0 Å². The van der Waals surface area contributed by atoms with Crippen LogP contribution in [0.15, 0.2) is 47.3 Å². The summed E-state index contributed by atoms with van der Waals surface area (Å²) in [5.74, 6) is -0.807. The number of aromatic nitrogens is 1. The van der Waals surface area contributed by atoms with Crippen molar-refractivity contribution in [2.45, 2.75) is 26.7 Å². The van der Waals surface area contributed by atoms with Gasteiger partial charge in [0.1, 0.15) is 16.5 Å². The van der Waals surface area contributed by atoms with Crippen molar-refractivity contribution in [1.29, 1.82) is 5.26 Å². The lowest BCUT2D eigenvalue weighted by Gasteiger charge is -2.14. The summed E-state index contributed by atoms with van der Waals surface area (Å²) in [5.41, 5.74) is 3.01. The van der Waals surface area contributed by atoms with Crippen LogP contribution >= 0.6 is 11.3 Å². The first-order valence-corrected chi connectivity index (χ1v) is 11.2. The van der Waals surface area contributed by atoms with Crippen LogP contribution in [-0.4, -0.2) is 28.5 Å². The van der Waals surface area contributed by atoms with Gasteiger partial charge in [-0.05, 0) is 68.2 Å². The first-order valence-electron chi connectivity index (χ1n) is 10.4. The van der Waals surface area contributed by atoms with Gasteiger partial charge >= 0.3 is 0 Å². The van der Waals surface area contributed by atoms with E-state index >= 15 is 0 Å². The predicted octanol–water partition coefficient (Wildman–Crippen LogP) is 2.78. The molecule has 1 aliphatic rings. The van der Waals surface area contributed by atoms with Gasteiger partial charge in [0, 0.05) is 13.1 Å². The van der Waals surface area contributed by atoms with Crippen LogP contribution in [0.2, 0.25) is 0 Å². The maximum absolute atomic E-state index is 13.5. The van der Waals surface area contributed by atoms with E-state index < -0.39 is 5.82 Å². The Labute approximate surface area is 189 Å². The molecule has 0 spiro atoms. The molecule has 0 atom stereocenters. The number of aryl methyl sites for hydroxylation is 2. The summed E-state index contributed by atoms with van der Waals surface area (Å²) in [6.07, 6.45) is 3.57. The second kappa shape index (κ2) is 8.93. The SMILES string of the molecule is Cc1ccc(/C=c2\s/c(=C(/C#N)C(=O)N3CCCC3)n(-c3ccc(F)cc3)c2=O)c(C)c1. The minimum Gasteiger partial charge on any atom is -0.338 e. The maximum atomic E-state index is 13.5. The lowest BCUT2D eigenvalue weighted by Crippen LogP contribution is -2.35. The van der Waals surface area contributed by atoms with Crippen molar-refractivity contribution in [2.24, 2.45) is 0 Å². The molecule has 0 N–H and O–H groups in total. The normalized spacial score (nSPS) is 15.1. The number of halogens is 1. The Morgan fingerprint density at radius 1 is 1.12 bits per heavy atom. The Morgan fingerprint density at radius 2 is 1.81 bits per heavy atom. The van der Waals surface area contributed by atoms with Gasteiger partial charge in [-0.1, -0.05) is 23.8 Å². The summed E-state index contributed by atoms with van der Waals surface area (Å²) in [7, 11) is 0. The number of amides is 1. The van der Waals surface area contributed by atoms with Gasteiger partial charge in [0.25, 0.3) is 11.5 Å². The summed E-state index contributed by atoms with van der Waals surface area (Å²) in [5, 5.41) is 9.88. The summed E-state index contributed by atoms with van der Waals surface area (Å²) < 4.78 is 15.5. The van der Waals surface area contributed by atoms with Crippen molar-refractivity contribution in [3.8, 4) is 11.8 Å². The predicted molar refractivity (Wildman–Crippen MR) is 123 cm³/mol. The van der Waals surface area contributed by atoms with Crippen LogP contribution in [0.1, 0.15) is 29.5 Å².